The number of para-hydroxylation sites is 1. The smallest absolute Gasteiger partial charge is 0.176 e. The average molecular weight is 263 g/mol. The van der Waals surface area contributed by atoms with E-state index in [-0.39, 0.29) is 24.8 Å². The molecule has 1 aromatic carbocycles. The fourth-order valence-corrected chi connectivity index (χ4v) is 1.55. The van der Waals surface area contributed by atoms with Gasteiger partial charge in [0, 0.05) is 18.0 Å². The van der Waals surface area contributed by atoms with E-state index in [4.69, 9.17) is 0 Å². The number of hydrogen-bond donors (Lipinski definition) is 0. The Morgan fingerprint density at radius 3 is 2.44 bits per heavy atom. The summed E-state index contributed by atoms with van der Waals surface area (Å²) in [6.07, 6.45) is 3.70. The fourth-order valence-electron chi connectivity index (χ4n) is 1.55. The summed E-state index contributed by atoms with van der Waals surface area (Å²) in [7, 11) is 0. The Morgan fingerprint density at radius 2 is 1.78 bits per heavy atom. The molecule has 0 saturated carbocycles. The quantitative estimate of drug-likeness (QED) is 0.472. The highest BCUT2D eigenvalue weighted by Crippen LogP contribution is 2.16. The van der Waals surface area contributed by atoms with Gasteiger partial charge in [-0.15, -0.1) is 12.4 Å². The maximum atomic E-state index is 11.7. The normalized spacial score (nSPS) is 10.8. The molecule has 18 heavy (non-hydrogen) atoms. The van der Waals surface area contributed by atoms with Gasteiger partial charge in [0.1, 0.15) is 0 Å². The van der Waals surface area contributed by atoms with Crippen molar-refractivity contribution in [1.29, 1.82) is 0 Å². The Kier molecular flexibility index (Phi) is 5.33. The van der Waals surface area contributed by atoms with Gasteiger partial charge in [-0.3, -0.25) is 4.99 Å². The molecule has 1 heterocycles. The zero-order valence-corrected chi connectivity index (χ0v) is 10.9. The summed E-state index contributed by atoms with van der Waals surface area (Å²) in [4.78, 5) is 4.09. The minimum Gasteiger partial charge on any atom is -0.857 e. The van der Waals surface area contributed by atoms with Gasteiger partial charge in [0.05, 0.1) is 5.69 Å². The summed E-state index contributed by atoms with van der Waals surface area (Å²) in [5, 5.41) is 11.7. The van der Waals surface area contributed by atoms with Crippen molar-refractivity contribution in [3.63, 3.8) is 0 Å². The standard InChI is InChI=1S/C14H14N2O.ClH/c1-12-7-3-4-8-13(12)15-14(17)11-16-9-5-2-6-10-16;/h2-10H,11H2,1H3;1H. The summed E-state index contributed by atoms with van der Waals surface area (Å²) in [5.74, 6) is -0.143. The van der Waals surface area contributed by atoms with Gasteiger partial charge in [-0.2, -0.15) is 0 Å². The van der Waals surface area contributed by atoms with Gasteiger partial charge in [-0.1, -0.05) is 24.3 Å². The lowest BCUT2D eigenvalue weighted by molar-refractivity contribution is -0.687. The van der Waals surface area contributed by atoms with Crippen LogP contribution in [0.3, 0.4) is 0 Å². The summed E-state index contributed by atoms with van der Waals surface area (Å²) < 4.78 is 1.81. The van der Waals surface area contributed by atoms with E-state index in [2.05, 4.69) is 4.99 Å². The van der Waals surface area contributed by atoms with Crippen LogP contribution in [0.1, 0.15) is 5.56 Å². The van der Waals surface area contributed by atoms with E-state index in [1.807, 2.05) is 66.3 Å². The number of pyridine rings is 1. The molecular weight excluding hydrogens is 248 g/mol. The average Bonchev–Trinajstić information content (AvgIpc) is 2.33. The third-order valence-electron chi connectivity index (χ3n) is 2.46. The van der Waals surface area contributed by atoms with Crippen molar-refractivity contribution in [2.45, 2.75) is 13.5 Å². The van der Waals surface area contributed by atoms with E-state index in [9.17, 15) is 5.11 Å². The van der Waals surface area contributed by atoms with Gasteiger partial charge < -0.3 is 5.11 Å². The fraction of sp³-hybridized carbons (Fsp3) is 0.143. The van der Waals surface area contributed by atoms with Gasteiger partial charge in [0.15, 0.2) is 18.9 Å². The monoisotopic (exact) mass is 262 g/mol. The number of aromatic nitrogens is 1. The maximum absolute atomic E-state index is 11.7. The third kappa shape index (κ3) is 3.86. The number of benzene rings is 1. The van der Waals surface area contributed by atoms with Crippen LogP contribution in [0.5, 0.6) is 0 Å². The molecule has 2 aromatic rings. The molecule has 0 aliphatic heterocycles. The largest absolute Gasteiger partial charge is 0.857 e. The van der Waals surface area contributed by atoms with Crippen LogP contribution in [-0.4, -0.2) is 5.90 Å². The van der Waals surface area contributed by atoms with Crippen molar-refractivity contribution in [1.82, 2.24) is 0 Å². The van der Waals surface area contributed by atoms with Crippen LogP contribution in [0.2, 0.25) is 0 Å². The molecule has 4 heteroatoms. The maximum Gasteiger partial charge on any atom is 0.176 e. The first-order valence-electron chi connectivity index (χ1n) is 5.50. The Balaban J connectivity index is 0.00000162. The predicted molar refractivity (Wildman–Crippen MR) is 72.2 cm³/mol. The number of nitrogens with zero attached hydrogens (tertiary/aromatic N) is 2. The summed E-state index contributed by atoms with van der Waals surface area (Å²) >= 11 is 0. The zero-order chi connectivity index (χ0) is 12.1. The predicted octanol–water partition coefficient (Wildman–Crippen LogP) is 1.79. The Hall–Kier alpha value is -1.87. The highest BCUT2D eigenvalue weighted by Gasteiger charge is 1.98. The van der Waals surface area contributed by atoms with Gasteiger partial charge in [-0.05, 0) is 18.6 Å². The van der Waals surface area contributed by atoms with Gasteiger partial charge in [0.2, 0.25) is 0 Å². The first-order valence-corrected chi connectivity index (χ1v) is 5.50. The molecule has 0 bridgehead atoms. The molecular formula is C14H15ClN2O. The number of aliphatic imine (C=N–C) groups is 1. The molecule has 94 valence electrons. The molecule has 0 radical (unpaired) electrons. The van der Waals surface area contributed by atoms with Gasteiger partial charge in [0.25, 0.3) is 0 Å². The Labute approximate surface area is 113 Å². The van der Waals surface area contributed by atoms with Crippen molar-refractivity contribution < 1.29 is 9.67 Å². The lowest BCUT2D eigenvalue weighted by Gasteiger charge is -2.08. The molecule has 3 nitrogen and oxygen atoms in total. The Morgan fingerprint density at radius 1 is 1.11 bits per heavy atom. The molecule has 0 amide bonds. The number of halogens is 1. The van der Waals surface area contributed by atoms with Crippen molar-refractivity contribution in [2.75, 3.05) is 0 Å². The second-order valence-corrected chi connectivity index (χ2v) is 3.84. The van der Waals surface area contributed by atoms with Crippen molar-refractivity contribution in [2.24, 2.45) is 4.99 Å². The lowest BCUT2D eigenvalue weighted by Crippen LogP contribution is -2.41. The molecule has 1 aromatic heterocycles. The molecule has 0 fully saturated rings. The molecule has 0 unspecified atom stereocenters. The molecule has 0 N–H and O–H groups in total. The highest BCUT2D eigenvalue weighted by atomic mass is 35.5. The first-order chi connectivity index (χ1) is 8.25. The Bertz CT molecular complexity index is 526. The molecule has 2 rings (SSSR count). The van der Waals surface area contributed by atoms with E-state index >= 15 is 0 Å². The van der Waals surface area contributed by atoms with Crippen LogP contribution in [0.15, 0.2) is 59.9 Å². The molecule has 0 aliphatic carbocycles. The second kappa shape index (κ2) is 6.77. The van der Waals surface area contributed by atoms with Crippen molar-refractivity contribution >= 4 is 24.0 Å². The summed E-state index contributed by atoms with van der Waals surface area (Å²) in [5.41, 5.74) is 1.76. The summed E-state index contributed by atoms with van der Waals surface area (Å²) in [6, 6.07) is 13.3. The van der Waals surface area contributed by atoms with E-state index in [1.54, 1.807) is 0 Å². The molecule has 0 spiro atoms. The zero-order valence-electron chi connectivity index (χ0n) is 10.1. The minimum atomic E-state index is -0.143. The van der Waals surface area contributed by atoms with Crippen LogP contribution in [0.4, 0.5) is 5.69 Å². The highest BCUT2D eigenvalue weighted by molar-refractivity contribution is 5.85. The van der Waals surface area contributed by atoms with E-state index < -0.39 is 0 Å². The third-order valence-corrected chi connectivity index (χ3v) is 2.46. The number of rotatable bonds is 3. The van der Waals surface area contributed by atoms with Crippen LogP contribution < -0.4 is 9.67 Å². The summed E-state index contributed by atoms with van der Waals surface area (Å²) in [6.45, 7) is 2.22. The molecule has 0 atom stereocenters. The number of aryl methyl sites for hydroxylation is 1. The van der Waals surface area contributed by atoms with Crippen LogP contribution >= 0.6 is 12.4 Å². The first kappa shape index (κ1) is 14.2. The second-order valence-electron chi connectivity index (χ2n) is 3.84. The van der Waals surface area contributed by atoms with Crippen LogP contribution in [0, 0.1) is 6.92 Å². The van der Waals surface area contributed by atoms with E-state index in [0.29, 0.717) is 0 Å². The van der Waals surface area contributed by atoms with Crippen molar-refractivity contribution in [3.05, 3.63) is 60.4 Å². The topological polar surface area (TPSA) is 39.3 Å². The lowest BCUT2D eigenvalue weighted by atomic mass is 10.2. The molecule has 0 aliphatic rings. The van der Waals surface area contributed by atoms with Gasteiger partial charge >= 0.3 is 0 Å². The minimum absolute atomic E-state index is 0. The van der Waals surface area contributed by atoms with Crippen LogP contribution in [0.25, 0.3) is 0 Å². The van der Waals surface area contributed by atoms with Gasteiger partial charge in [-0.25, -0.2) is 4.57 Å². The van der Waals surface area contributed by atoms with E-state index in [0.717, 1.165) is 11.3 Å². The van der Waals surface area contributed by atoms with Crippen molar-refractivity contribution in [3.8, 4) is 0 Å². The number of hydrogen-bond acceptors (Lipinski definition) is 2. The van der Waals surface area contributed by atoms with Crippen LogP contribution in [-0.2, 0) is 6.54 Å². The molecule has 0 saturated heterocycles. The van der Waals surface area contributed by atoms with E-state index in [1.165, 1.54) is 0 Å². The SMILES string of the molecule is Cc1ccccc1N=C([O-])C[n+]1ccccc1.Cl.